The van der Waals surface area contributed by atoms with E-state index in [1.54, 1.807) is 41.3 Å². The first kappa shape index (κ1) is 22.3. The minimum atomic E-state index is -0.398. The third-order valence-electron chi connectivity index (χ3n) is 6.15. The molecule has 0 radical (unpaired) electrons. The third-order valence-corrected chi connectivity index (χ3v) is 6.15. The Morgan fingerprint density at radius 3 is 2.94 bits per heavy atom. The maximum atomic E-state index is 15.3. The molecule has 0 amide bonds. The van der Waals surface area contributed by atoms with Crippen LogP contribution in [0.15, 0.2) is 61.3 Å². The Kier molecular flexibility index (Phi) is 5.88. The van der Waals surface area contributed by atoms with E-state index in [4.69, 9.17) is 9.47 Å². The monoisotopic (exact) mass is 485 g/mol. The highest BCUT2D eigenvalue weighted by Crippen LogP contribution is 2.37. The SMILES string of the molecule is Cn1cc(-c2cc(OCC3COCCN3)c3c(Nc4ccc5ncccc5c4F)ncnc3c2)cn1. The van der Waals surface area contributed by atoms with Crippen LogP contribution in [0.5, 0.6) is 5.75 Å². The molecule has 1 fully saturated rings. The van der Waals surface area contributed by atoms with Crippen LogP contribution in [0.25, 0.3) is 32.9 Å². The van der Waals surface area contributed by atoms with Gasteiger partial charge in [0.25, 0.3) is 0 Å². The first-order chi connectivity index (χ1) is 17.7. The summed E-state index contributed by atoms with van der Waals surface area (Å²) in [6, 6.07) is 10.8. The van der Waals surface area contributed by atoms with Crippen molar-refractivity contribution in [2.45, 2.75) is 6.04 Å². The molecular formula is C26H24FN7O2. The molecule has 1 atom stereocenters. The molecule has 6 rings (SSSR count). The summed E-state index contributed by atoms with van der Waals surface area (Å²) < 4.78 is 28.9. The van der Waals surface area contributed by atoms with Gasteiger partial charge in [-0.05, 0) is 42.0 Å². The molecular weight excluding hydrogens is 461 g/mol. The van der Waals surface area contributed by atoms with Gasteiger partial charge in [0.1, 0.15) is 24.5 Å². The van der Waals surface area contributed by atoms with Crippen LogP contribution in [0.4, 0.5) is 15.9 Å². The second-order valence-corrected chi connectivity index (χ2v) is 8.65. The summed E-state index contributed by atoms with van der Waals surface area (Å²) in [5, 5.41) is 11.9. The zero-order valence-electron chi connectivity index (χ0n) is 19.6. The Hall–Kier alpha value is -4.15. The quantitative estimate of drug-likeness (QED) is 0.375. The number of halogens is 1. The zero-order chi connectivity index (χ0) is 24.5. The van der Waals surface area contributed by atoms with E-state index < -0.39 is 5.82 Å². The van der Waals surface area contributed by atoms with Gasteiger partial charge in [-0.25, -0.2) is 14.4 Å². The Balaban J connectivity index is 1.43. The Morgan fingerprint density at radius 1 is 1.17 bits per heavy atom. The summed E-state index contributed by atoms with van der Waals surface area (Å²) in [5.41, 5.74) is 3.38. The number of morpholine rings is 1. The van der Waals surface area contributed by atoms with Gasteiger partial charge in [-0.1, -0.05) is 0 Å². The van der Waals surface area contributed by atoms with E-state index in [0.717, 1.165) is 17.7 Å². The lowest BCUT2D eigenvalue weighted by Crippen LogP contribution is -2.44. The Bertz CT molecular complexity index is 1550. The molecule has 0 aliphatic carbocycles. The molecule has 9 nitrogen and oxygen atoms in total. The summed E-state index contributed by atoms with van der Waals surface area (Å²) in [6.07, 6.45) is 6.82. The topological polar surface area (TPSA) is 99.0 Å². The lowest BCUT2D eigenvalue weighted by Gasteiger charge is -2.24. The molecule has 3 aromatic heterocycles. The van der Waals surface area contributed by atoms with E-state index in [0.29, 0.717) is 58.9 Å². The van der Waals surface area contributed by atoms with Crippen molar-refractivity contribution in [3.8, 4) is 16.9 Å². The van der Waals surface area contributed by atoms with Gasteiger partial charge in [0, 0.05) is 36.9 Å². The average Bonchev–Trinajstić information content (AvgIpc) is 3.36. The van der Waals surface area contributed by atoms with Gasteiger partial charge >= 0.3 is 0 Å². The normalized spacial score (nSPS) is 15.9. The van der Waals surface area contributed by atoms with Gasteiger partial charge in [-0.15, -0.1) is 0 Å². The summed E-state index contributed by atoms with van der Waals surface area (Å²) in [6.45, 7) is 2.43. The van der Waals surface area contributed by atoms with Crippen LogP contribution in [-0.2, 0) is 11.8 Å². The van der Waals surface area contributed by atoms with E-state index in [1.807, 2.05) is 25.4 Å². The second-order valence-electron chi connectivity index (χ2n) is 8.65. The standard InChI is InChI=1S/C26H24FN7O2/c1-34-12-17(11-32-34)16-9-22-24(23(10-16)36-14-18-13-35-8-7-28-18)26(31-15-30-22)33-21-5-4-20-19(25(21)27)3-2-6-29-20/h2-6,9-12,15,18,28H,7-8,13-14H2,1H3,(H,30,31,33). The minimum absolute atomic E-state index is 0.0577. The fourth-order valence-corrected chi connectivity index (χ4v) is 4.36. The van der Waals surface area contributed by atoms with Crippen molar-refractivity contribution in [2.75, 3.05) is 31.7 Å². The van der Waals surface area contributed by atoms with Crippen molar-refractivity contribution >= 4 is 33.3 Å². The van der Waals surface area contributed by atoms with Crippen molar-refractivity contribution in [3.63, 3.8) is 0 Å². The van der Waals surface area contributed by atoms with Crippen molar-refractivity contribution < 1.29 is 13.9 Å². The molecule has 182 valence electrons. The molecule has 1 unspecified atom stereocenters. The predicted octanol–water partition coefficient (Wildman–Crippen LogP) is 3.83. The number of nitrogens with one attached hydrogen (secondary N) is 2. The lowest BCUT2D eigenvalue weighted by atomic mass is 10.1. The number of pyridine rings is 1. The predicted molar refractivity (Wildman–Crippen MR) is 135 cm³/mol. The number of aryl methyl sites for hydroxylation is 1. The van der Waals surface area contributed by atoms with Crippen LogP contribution < -0.4 is 15.4 Å². The number of hydrogen-bond acceptors (Lipinski definition) is 8. The van der Waals surface area contributed by atoms with Crippen LogP contribution in [0.2, 0.25) is 0 Å². The molecule has 0 spiro atoms. The number of anilines is 2. The summed E-state index contributed by atoms with van der Waals surface area (Å²) in [5.74, 6) is 0.637. The van der Waals surface area contributed by atoms with E-state index in [2.05, 4.69) is 30.7 Å². The number of ether oxygens (including phenoxy) is 2. The third kappa shape index (κ3) is 4.32. The fraction of sp³-hybridized carbons (Fsp3) is 0.231. The molecule has 1 saturated heterocycles. The van der Waals surface area contributed by atoms with E-state index in [9.17, 15) is 0 Å². The van der Waals surface area contributed by atoms with E-state index >= 15 is 4.39 Å². The van der Waals surface area contributed by atoms with Crippen molar-refractivity contribution in [3.05, 3.63) is 67.1 Å². The number of nitrogens with zero attached hydrogens (tertiary/aromatic N) is 5. The van der Waals surface area contributed by atoms with Crippen molar-refractivity contribution in [1.29, 1.82) is 0 Å². The highest BCUT2D eigenvalue weighted by molar-refractivity contribution is 5.99. The number of fused-ring (bicyclic) bond motifs is 2. The summed E-state index contributed by atoms with van der Waals surface area (Å²) >= 11 is 0. The smallest absolute Gasteiger partial charge is 0.156 e. The van der Waals surface area contributed by atoms with Gasteiger partial charge in [0.15, 0.2) is 5.82 Å². The van der Waals surface area contributed by atoms with Gasteiger partial charge in [-0.2, -0.15) is 5.10 Å². The van der Waals surface area contributed by atoms with Crippen LogP contribution in [-0.4, -0.2) is 57.1 Å². The van der Waals surface area contributed by atoms with Gasteiger partial charge in [0.05, 0.1) is 47.6 Å². The summed E-state index contributed by atoms with van der Waals surface area (Å²) in [4.78, 5) is 13.2. The van der Waals surface area contributed by atoms with Crippen LogP contribution in [0, 0.1) is 5.82 Å². The molecule has 36 heavy (non-hydrogen) atoms. The van der Waals surface area contributed by atoms with Crippen LogP contribution in [0.1, 0.15) is 0 Å². The summed E-state index contributed by atoms with van der Waals surface area (Å²) in [7, 11) is 1.87. The molecule has 1 aliphatic heterocycles. The molecule has 5 aromatic rings. The van der Waals surface area contributed by atoms with Crippen LogP contribution >= 0.6 is 0 Å². The number of aromatic nitrogens is 5. The maximum Gasteiger partial charge on any atom is 0.156 e. The van der Waals surface area contributed by atoms with E-state index in [-0.39, 0.29) is 6.04 Å². The van der Waals surface area contributed by atoms with E-state index in [1.165, 1.54) is 6.33 Å². The van der Waals surface area contributed by atoms with Crippen molar-refractivity contribution in [1.82, 2.24) is 30.0 Å². The Morgan fingerprint density at radius 2 is 2.11 bits per heavy atom. The lowest BCUT2D eigenvalue weighted by molar-refractivity contribution is 0.0595. The fourth-order valence-electron chi connectivity index (χ4n) is 4.36. The minimum Gasteiger partial charge on any atom is -0.491 e. The molecule has 0 bridgehead atoms. The average molecular weight is 486 g/mol. The highest BCUT2D eigenvalue weighted by Gasteiger charge is 2.19. The number of hydrogen-bond donors (Lipinski definition) is 2. The highest BCUT2D eigenvalue weighted by atomic mass is 19.1. The van der Waals surface area contributed by atoms with Gasteiger partial charge < -0.3 is 20.1 Å². The molecule has 10 heteroatoms. The molecule has 2 N–H and O–H groups in total. The van der Waals surface area contributed by atoms with Gasteiger partial charge in [0.2, 0.25) is 0 Å². The molecule has 1 aliphatic rings. The van der Waals surface area contributed by atoms with Gasteiger partial charge in [-0.3, -0.25) is 9.67 Å². The Labute approximate surface area is 206 Å². The zero-order valence-corrected chi connectivity index (χ0v) is 19.6. The molecule has 2 aromatic carbocycles. The largest absolute Gasteiger partial charge is 0.491 e. The van der Waals surface area contributed by atoms with Crippen molar-refractivity contribution in [2.24, 2.45) is 7.05 Å². The number of rotatable bonds is 6. The maximum absolute atomic E-state index is 15.3. The second kappa shape index (κ2) is 9.48. The molecule has 0 saturated carbocycles. The van der Waals surface area contributed by atoms with Crippen LogP contribution in [0.3, 0.4) is 0 Å². The molecule has 4 heterocycles. The number of benzene rings is 2. The first-order valence-electron chi connectivity index (χ1n) is 11.7. The first-order valence-corrected chi connectivity index (χ1v) is 11.7.